The molecule has 0 unspecified atom stereocenters. The zero-order chi connectivity index (χ0) is 17.1. The van der Waals surface area contributed by atoms with E-state index in [0.29, 0.717) is 11.7 Å². The molecule has 130 valence electrons. The smallest absolute Gasteiger partial charge is 0.228 e. The Hall–Kier alpha value is -2.40. The maximum absolute atomic E-state index is 12.4. The molecule has 2 aliphatic rings. The van der Waals surface area contributed by atoms with Crippen LogP contribution >= 0.6 is 0 Å². The van der Waals surface area contributed by atoms with Crippen LogP contribution in [0.3, 0.4) is 0 Å². The zero-order valence-corrected chi connectivity index (χ0v) is 14.2. The van der Waals surface area contributed by atoms with E-state index in [1.807, 2.05) is 24.4 Å². The zero-order valence-electron chi connectivity index (χ0n) is 14.2. The van der Waals surface area contributed by atoms with E-state index in [9.17, 15) is 4.79 Å². The Bertz CT molecular complexity index is 705. The number of aromatic nitrogens is 1. The average molecular weight is 337 g/mol. The van der Waals surface area contributed by atoms with Crippen molar-refractivity contribution >= 4 is 17.4 Å². The van der Waals surface area contributed by atoms with Gasteiger partial charge in [-0.25, -0.2) is 4.98 Å². The SMILES string of the molecule is O=C(Nc1ccc(N2CCOCC2)cn1)C1CC(c2ccccc2)C1. The second kappa shape index (κ2) is 7.23. The van der Waals surface area contributed by atoms with Crippen LogP contribution in [0.15, 0.2) is 48.7 Å². The van der Waals surface area contributed by atoms with Crippen molar-refractivity contribution in [2.24, 2.45) is 5.92 Å². The number of nitrogens with zero attached hydrogens (tertiary/aromatic N) is 2. The van der Waals surface area contributed by atoms with Crippen LogP contribution in [0.4, 0.5) is 11.5 Å². The fourth-order valence-electron chi connectivity index (χ4n) is 3.53. The van der Waals surface area contributed by atoms with Gasteiger partial charge in [-0.2, -0.15) is 0 Å². The number of carbonyl (C=O) groups is 1. The van der Waals surface area contributed by atoms with Gasteiger partial charge in [0.2, 0.25) is 5.91 Å². The Labute approximate surface area is 148 Å². The molecule has 1 aromatic heterocycles. The second-order valence-corrected chi connectivity index (χ2v) is 6.77. The van der Waals surface area contributed by atoms with Gasteiger partial charge in [0.15, 0.2) is 0 Å². The molecule has 2 aromatic rings. The number of carbonyl (C=O) groups excluding carboxylic acids is 1. The monoisotopic (exact) mass is 337 g/mol. The molecule has 5 nitrogen and oxygen atoms in total. The van der Waals surface area contributed by atoms with E-state index in [4.69, 9.17) is 4.74 Å². The molecular formula is C20H23N3O2. The van der Waals surface area contributed by atoms with Crippen molar-refractivity contribution in [1.29, 1.82) is 0 Å². The highest BCUT2D eigenvalue weighted by molar-refractivity contribution is 5.92. The highest BCUT2D eigenvalue weighted by atomic mass is 16.5. The van der Waals surface area contributed by atoms with Crippen LogP contribution in [0.5, 0.6) is 0 Å². The maximum Gasteiger partial charge on any atom is 0.228 e. The van der Waals surface area contributed by atoms with Crippen molar-refractivity contribution in [2.45, 2.75) is 18.8 Å². The van der Waals surface area contributed by atoms with E-state index in [2.05, 4.69) is 39.5 Å². The average Bonchev–Trinajstić information content (AvgIpc) is 2.63. The number of rotatable bonds is 4. The maximum atomic E-state index is 12.4. The summed E-state index contributed by atoms with van der Waals surface area (Å²) in [5.74, 6) is 1.31. The van der Waals surface area contributed by atoms with Crippen molar-refractivity contribution in [3.8, 4) is 0 Å². The molecule has 1 aliphatic carbocycles. The Morgan fingerprint density at radius 1 is 1.08 bits per heavy atom. The van der Waals surface area contributed by atoms with Crippen molar-refractivity contribution < 1.29 is 9.53 Å². The van der Waals surface area contributed by atoms with Crippen molar-refractivity contribution in [3.05, 3.63) is 54.2 Å². The number of anilines is 2. The molecule has 1 saturated heterocycles. The first-order chi connectivity index (χ1) is 12.3. The van der Waals surface area contributed by atoms with Crippen LogP contribution < -0.4 is 10.2 Å². The lowest BCUT2D eigenvalue weighted by Gasteiger charge is -2.34. The van der Waals surface area contributed by atoms with Gasteiger partial charge in [0.25, 0.3) is 0 Å². The van der Waals surface area contributed by atoms with Gasteiger partial charge in [-0.05, 0) is 36.5 Å². The molecule has 1 N–H and O–H groups in total. The standard InChI is InChI=1S/C20H23N3O2/c24-20(17-12-16(13-17)15-4-2-1-3-5-15)22-19-7-6-18(14-21-19)23-8-10-25-11-9-23/h1-7,14,16-17H,8-13H2,(H,21,22,24). The van der Waals surface area contributed by atoms with Crippen molar-refractivity contribution in [3.63, 3.8) is 0 Å². The molecule has 2 heterocycles. The van der Waals surface area contributed by atoms with Gasteiger partial charge in [-0.1, -0.05) is 30.3 Å². The van der Waals surface area contributed by atoms with Gasteiger partial charge in [0.1, 0.15) is 5.82 Å². The first-order valence-electron chi connectivity index (χ1n) is 8.94. The summed E-state index contributed by atoms with van der Waals surface area (Å²) >= 11 is 0. The van der Waals surface area contributed by atoms with E-state index in [1.54, 1.807) is 0 Å². The minimum atomic E-state index is 0.0822. The number of hydrogen-bond acceptors (Lipinski definition) is 4. The number of benzene rings is 1. The first kappa shape index (κ1) is 16.1. The summed E-state index contributed by atoms with van der Waals surface area (Å²) in [5, 5.41) is 2.95. The third-order valence-electron chi connectivity index (χ3n) is 5.16. The lowest BCUT2D eigenvalue weighted by Crippen LogP contribution is -2.36. The molecule has 0 spiro atoms. The van der Waals surface area contributed by atoms with Crippen LogP contribution in [0, 0.1) is 5.92 Å². The van der Waals surface area contributed by atoms with E-state index >= 15 is 0 Å². The summed E-state index contributed by atoms with van der Waals surface area (Å²) in [6.07, 6.45) is 3.66. The molecule has 1 aliphatic heterocycles. The Morgan fingerprint density at radius 2 is 1.84 bits per heavy atom. The minimum Gasteiger partial charge on any atom is -0.378 e. The number of morpholine rings is 1. The molecule has 1 amide bonds. The Balaban J connectivity index is 1.30. The third-order valence-corrected chi connectivity index (χ3v) is 5.16. The number of nitrogens with one attached hydrogen (secondary N) is 1. The predicted molar refractivity (Wildman–Crippen MR) is 97.8 cm³/mol. The van der Waals surface area contributed by atoms with Crippen molar-refractivity contribution in [2.75, 3.05) is 36.5 Å². The normalized spacial score (nSPS) is 23.0. The van der Waals surface area contributed by atoms with Gasteiger partial charge < -0.3 is 15.0 Å². The largest absolute Gasteiger partial charge is 0.378 e. The Morgan fingerprint density at radius 3 is 2.52 bits per heavy atom. The third kappa shape index (κ3) is 3.66. The number of ether oxygens (including phenoxy) is 1. The summed E-state index contributed by atoms with van der Waals surface area (Å²) in [4.78, 5) is 19.0. The molecule has 25 heavy (non-hydrogen) atoms. The van der Waals surface area contributed by atoms with Crippen LogP contribution in [-0.4, -0.2) is 37.2 Å². The minimum absolute atomic E-state index is 0.0822. The lowest BCUT2D eigenvalue weighted by molar-refractivity contribution is -0.122. The highest BCUT2D eigenvalue weighted by Crippen LogP contribution is 2.41. The van der Waals surface area contributed by atoms with Gasteiger partial charge in [-0.15, -0.1) is 0 Å². The predicted octanol–water partition coefficient (Wildman–Crippen LogP) is 3.05. The summed E-state index contributed by atoms with van der Waals surface area (Å²) in [6, 6.07) is 14.3. The van der Waals surface area contributed by atoms with Crippen LogP contribution in [-0.2, 0) is 9.53 Å². The molecular weight excluding hydrogens is 314 g/mol. The van der Waals surface area contributed by atoms with Gasteiger partial charge in [0, 0.05) is 19.0 Å². The molecule has 4 rings (SSSR count). The number of amides is 1. The van der Waals surface area contributed by atoms with Gasteiger partial charge in [0.05, 0.1) is 25.1 Å². The number of hydrogen-bond donors (Lipinski definition) is 1. The van der Waals surface area contributed by atoms with Gasteiger partial charge >= 0.3 is 0 Å². The van der Waals surface area contributed by atoms with Crippen LogP contribution in [0.2, 0.25) is 0 Å². The molecule has 1 aromatic carbocycles. The van der Waals surface area contributed by atoms with E-state index in [0.717, 1.165) is 44.8 Å². The molecule has 2 fully saturated rings. The quantitative estimate of drug-likeness (QED) is 0.932. The van der Waals surface area contributed by atoms with E-state index < -0.39 is 0 Å². The second-order valence-electron chi connectivity index (χ2n) is 6.77. The van der Waals surface area contributed by atoms with Crippen LogP contribution in [0.25, 0.3) is 0 Å². The van der Waals surface area contributed by atoms with Gasteiger partial charge in [-0.3, -0.25) is 4.79 Å². The number of pyridine rings is 1. The molecule has 1 saturated carbocycles. The molecule has 0 bridgehead atoms. The summed E-state index contributed by atoms with van der Waals surface area (Å²) in [5.41, 5.74) is 2.41. The fraction of sp³-hybridized carbons (Fsp3) is 0.400. The van der Waals surface area contributed by atoms with Crippen LogP contribution in [0.1, 0.15) is 24.3 Å². The van der Waals surface area contributed by atoms with E-state index in [-0.39, 0.29) is 11.8 Å². The molecule has 0 radical (unpaired) electrons. The van der Waals surface area contributed by atoms with Crippen molar-refractivity contribution in [1.82, 2.24) is 4.98 Å². The summed E-state index contributed by atoms with van der Waals surface area (Å²) in [6.45, 7) is 3.28. The highest BCUT2D eigenvalue weighted by Gasteiger charge is 2.35. The first-order valence-corrected chi connectivity index (χ1v) is 8.94. The summed E-state index contributed by atoms with van der Waals surface area (Å²) in [7, 11) is 0. The molecule has 5 heteroatoms. The summed E-state index contributed by atoms with van der Waals surface area (Å²) < 4.78 is 5.36. The molecule has 0 atom stereocenters. The Kier molecular flexibility index (Phi) is 4.65. The van der Waals surface area contributed by atoms with E-state index in [1.165, 1.54) is 5.56 Å². The fourth-order valence-corrected chi connectivity index (χ4v) is 3.53. The topological polar surface area (TPSA) is 54.5 Å². The lowest BCUT2D eigenvalue weighted by atomic mass is 9.71.